The maximum atomic E-state index is 12.7. The summed E-state index contributed by atoms with van der Waals surface area (Å²) < 4.78 is 7.24. The summed E-state index contributed by atoms with van der Waals surface area (Å²) >= 11 is 1.52. The normalized spacial score (nSPS) is 14.8. The Kier molecular flexibility index (Phi) is 4.37. The van der Waals surface area contributed by atoms with Crippen molar-refractivity contribution in [2.75, 3.05) is 31.2 Å². The van der Waals surface area contributed by atoms with Crippen LogP contribution in [0.3, 0.4) is 0 Å². The summed E-state index contributed by atoms with van der Waals surface area (Å²) in [4.78, 5) is 24.6. The van der Waals surface area contributed by atoms with Crippen LogP contribution in [0.5, 0.6) is 0 Å². The number of ether oxygens (including phenoxy) is 1. The van der Waals surface area contributed by atoms with E-state index in [-0.39, 0.29) is 5.91 Å². The van der Waals surface area contributed by atoms with Gasteiger partial charge < -0.3 is 15.0 Å². The number of rotatable bonds is 4. The fraction of sp³-hybridized carbons (Fsp3) is 0.353. The van der Waals surface area contributed by atoms with Crippen molar-refractivity contribution in [1.29, 1.82) is 0 Å². The molecule has 1 aliphatic heterocycles. The first kappa shape index (κ1) is 16.0. The lowest BCUT2D eigenvalue weighted by molar-refractivity contribution is 0.0944. The van der Waals surface area contributed by atoms with Crippen LogP contribution in [-0.2, 0) is 11.3 Å². The fourth-order valence-electron chi connectivity index (χ4n) is 3.05. The summed E-state index contributed by atoms with van der Waals surface area (Å²) in [5.74, 6) is 0.789. The number of anilines is 1. The molecule has 130 valence electrons. The van der Waals surface area contributed by atoms with E-state index in [0.717, 1.165) is 35.1 Å². The number of aryl methyl sites for hydroxylation is 1. The number of hydrogen-bond donors (Lipinski definition) is 1. The highest BCUT2D eigenvalue weighted by atomic mass is 32.1. The summed E-state index contributed by atoms with van der Waals surface area (Å²) in [6.07, 6.45) is 3.66. The molecule has 7 nitrogen and oxygen atoms in total. The second kappa shape index (κ2) is 6.81. The van der Waals surface area contributed by atoms with Gasteiger partial charge in [-0.15, -0.1) is 11.3 Å². The molecule has 1 aliphatic rings. The molecule has 3 aromatic heterocycles. The molecule has 0 unspecified atom stereocenters. The van der Waals surface area contributed by atoms with E-state index >= 15 is 0 Å². The third kappa shape index (κ3) is 3.10. The molecule has 0 radical (unpaired) electrons. The Morgan fingerprint density at radius 2 is 2.24 bits per heavy atom. The predicted octanol–water partition coefficient (Wildman–Crippen LogP) is 1.87. The van der Waals surface area contributed by atoms with Gasteiger partial charge in [0.1, 0.15) is 11.5 Å². The summed E-state index contributed by atoms with van der Waals surface area (Å²) in [7, 11) is 0. The second-order valence-electron chi connectivity index (χ2n) is 5.87. The zero-order valence-electron chi connectivity index (χ0n) is 13.9. The van der Waals surface area contributed by atoms with Crippen LogP contribution in [0.2, 0.25) is 0 Å². The molecule has 3 aromatic rings. The molecule has 8 heteroatoms. The number of carbonyl (C=O) groups excluding carboxylic acids is 1. The molecule has 0 atom stereocenters. The Hall–Kier alpha value is -2.45. The van der Waals surface area contributed by atoms with Crippen LogP contribution < -0.4 is 10.2 Å². The number of amides is 1. The van der Waals surface area contributed by atoms with E-state index in [4.69, 9.17) is 4.74 Å². The number of morpholine rings is 1. The minimum atomic E-state index is -0.125. The first-order valence-electron chi connectivity index (χ1n) is 8.21. The Morgan fingerprint density at radius 3 is 3.08 bits per heavy atom. The lowest BCUT2D eigenvalue weighted by Crippen LogP contribution is -2.38. The van der Waals surface area contributed by atoms with Crippen molar-refractivity contribution in [3.8, 4) is 0 Å². The molecule has 1 fully saturated rings. The molecule has 0 spiro atoms. The standard InChI is InChI=1S/C17H19N5O2S/c1-12-14(22-7-10-25-17(22)20-12)16(23)19-11-13-3-2-4-18-15(13)21-5-8-24-9-6-21/h2-4,7,10H,5-6,8-9,11H2,1H3,(H,19,23). The van der Waals surface area contributed by atoms with Crippen LogP contribution in [0.25, 0.3) is 4.96 Å². The average Bonchev–Trinajstić information content (AvgIpc) is 3.20. The molecule has 4 heterocycles. The van der Waals surface area contributed by atoms with Gasteiger partial charge in [0.05, 0.1) is 18.9 Å². The van der Waals surface area contributed by atoms with Gasteiger partial charge in [-0.1, -0.05) is 6.07 Å². The SMILES string of the molecule is Cc1nc2sccn2c1C(=O)NCc1cccnc1N1CCOCC1. The molecule has 0 bridgehead atoms. The molecule has 0 saturated carbocycles. The molecule has 4 rings (SSSR count). The molecule has 1 amide bonds. The smallest absolute Gasteiger partial charge is 0.270 e. The van der Waals surface area contributed by atoms with Gasteiger partial charge in [-0.05, 0) is 13.0 Å². The lowest BCUT2D eigenvalue weighted by atomic mass is 10.2. The van der Waals surface area contributed by atoms with Gasteiger partial charge in [-0.2, -0.15) is 0 Å². The highest BCUT2D eigenvalue weighted by molar-refractivity contribution is 7.15. The molecule has 0 aromatic carbocycles. The van der Waals surface area contributed by atoms with E-state index in [9.17, 15) is 4.79 Å². The van der Waals surface area contributed by atoms with Crippen molar-refractivity contribution in [2.24, 2.45) is 0 Å². The quantitative estimate of drug-likeness (QED) is 0.772. The number of pyridine rings is 1. The third-order valence-electron chi connectivity index (χ3n) is 4.27. The summed E-state index contributed by atoms with van der Waals surface area (Å²) in [6, 6.07) is 3.90. The maximum absolute atomic E-state index is 12.7. The number of fused-ring (bicyclic) bond motifs is 1. The molecule has 1 N–H and O–H groups in total. The van der Waals surface area contributed by atoms with E-state index in [1.165, 1.54) is 11.3 Å². The number of carbonyl (C=O) groups is 1. The average molecular weight is 357 g/mol. The van der Waals surface area contributed by atoms with Crippen molar-refractivity contribution in [3.05, 3.63) is 46.9 Å². The van der Waals surface area contributed by atoms with Crippen LogP contribution in [0.1, 0.15) is 21.7 Å². The number of nitrogens with one attached hydrogen (secondary N) is 1. The minimum Gasteiger partial charge on any atom is -0.378 e. The number of imidazole rings is 1. The van der Waals surface area contributed by atoms with E-state index in [1.54, 1.807) is 6.20 Å². The zero-order valence-corrected chi connectivity index (χ0v) is 14.8. The largest absolute Gasteiger partial charge is 0.378 e. The van der Waals surface area contributed by atoms with Crippen LogP contribution in [0, 0.1) is 6.92 Å². The number of hydrogen-bond acceptors (Lipinski definition) is 6. The number of aromatic nitrogens is 3. The van der Waals surface area contributed by atoms with Gasteiger partial charge in [0.15, 0.2) is 4.96 Å². The van der Waals surface area contributed by atoms with Gasteiger partial charge in [0, 0.05) is 43.0 Å². The second-order valence-corrected chi connectivity index (χ2v) is 6.74. The van der Waals surface area contributed by atoms with Gasteiger partial charge in [0.2, 0.25) is 0 Å². The molecular formula is C17H19N5O2S. The third-order valence-corrected chi connectivity index (χ3v) is 5.03. The number of thiazole rings is 1. The molecule has 1 saturated heterocycles. The minimum absolute atomic E-state index is 0.125. The summed E-state index contributed by atoms with van der Waals surface area (Å²) in [5, 5.41) is 4.94. The monoisotopic (exact) mass is 357 g/mol. The van der Waals surface area contributed by atoms with E-state index in [2.05, 4.69) is 20.2 Å². The Balaban J connectivity index is 1.52. The molecular weight excluding hydrogens is 338 g/mol. The van der Waals surface area contributed by atoms with Crippen molar-refractivity contribution in [3.63, 3.8) is 0 Å². The van der Waals surface area contributed by atoms with Gasteiger partial charge >= 0.3 is 0 Å². The highest BCUT2D eigenvalue weighted by Crippen LogP contribution is 2.20. The van der Waals surface area contributed by atoms with Crippen LogP contribution >= 0.6 is 11.3 Å². The fourth-order valence-corrected chi connectivity index (χ4v) is 3.81. The maximum Gasteiger partial charge on any atom is 0.270 e. The van der Waals surface area contributed by atoms with E-state index < -0.39 is 0 Å². The number of nitrogens with zero attached hydrogens (tertiary/aromatic N) is 4. The van der Waals surface area contributed by atoms with Gasteiger partial charge in [0.25, 0.3) is 5.91 Å². The van der Waals surface area contributed by atoms with E-state index in [0.29, 0.717) is 25.5 Å². The van der Waals surface area contributed by atoms with E-state index in [1.807, 2.05) is 35.0 Å². The summed E-state index contributed by atoms with van der Waals surface area (Å²) in [5.41, 5.74) is 2.33. The van der Waals surface area contributed by atoms with Crippen molar-refractivity contribution in [1.82, 2.24) is 19.7 Å². The Morgan fingerprint density at radius 1 is 1.40 bits per heavy atom. The molecule has 25 heavy (non-hydrogen) atoms. The van der Waals surface area contributed by atoms with Crippen LogP contribution in [0.15, 0.2) is 29.9 Å². The Labute approximate surface area is 149 Å². The summed E-state index contributed by atoms with van der Waals surface area (Å²) in [6.45, 7) is 5.32. The first-order chi connectivity index (χ1) is 12.2. The Bertz CT molecular complexity index is 897. The van der Waals surface area contributed by atoms with Crippen molar-refractivity contribution < 1.29 is 9.53 Å². The van der Waals surface area contributed by atoms with Gasteiger partial charge in [-0.3, -0.25) is 9.20 Å². The highest BCUT2D eigenvalue weighted by Gasteiger charge is 2.19. The molecule has 0 aliphatic carbocycles. The predicted molar refractivity (Wildman–Crippen MR) is 96.2 cm³/mol. The first-order valence-corrected chi connectivity index (χ1v) is 9.09. The van der Waals surface area contributed by atoms with Crippen LogP contribution in [-0.4, -0.2) is 46.6 Å². The lowest BCUT2D eigenvalue weighted by Gasteiger charge is -2.29. The topological polar surface area (TPSA) is 71.8 Å². The zero-order chi connectivity index (χ0) is 17.2. The van der Waals surface area contributed by atoms with Crippen LogP contribution in [0.4, 0.5) is 5.82 Å². The van der Waals surface area contributed by atoms with Crippen molar-refractivity contribution in [2.45, 2.75) is 13.5 Å². The van der Waals surface area contributed by atoms with Crippen molar-refractivity contribution >= 4 is 28.0 Å². The van der Waals surface area contributed by atoms with Gasteiger partial charge in [-0.25, -0.2) is 9.97 Å².